The number of hydrogen-bond donors (Lipinski definition) is 1. The third-order valence-corrected chi connectivity index (χ3v) is 6.91. The molecular weight excluding hydrogens is 478 g/mol. The number of benzene rings is 2. The lowest BCUT2D eigenvalue weighted by molar-refractivity contribution is 0.174. The first kappa shape index (κ1) is 25.3. The molecule has 9 nitrogen and oxygen atoms in total. The first-order valence-corrected chi connectivity index (χ1v) is 12.6. The van der Waals surface area contributed by atoms with Crippen LogP contribution in [0.4, 0.5) is 9.59 Å². The normalized spacial score (nSPS) is 18.0. The number of thioether (sulfide) groups is 1. The van der Waals surface area contributed by atoms with Crippen LogP contribution >= 0.6 is 11.8 Å². The number of carbonyl (C=O) groups is 2. The lowest BCUT2D eigenvalue weighted by Crippen LogP contribution is -2.48. The van der Waals surface area contributed by atoms with E-state index in [9.17, 15) is 9.59 Å². The second-order valence-electron chi connectivity index (χ2n) is 7.95. The van der Waals surface area contributed by atoms with E-state index in [-0.39, 0.29) is 16.5 Å². The Morgan fingerprint density at radius 2 is 2.00 bits per heavy atom. The summed E-state index contributed by atoms with van der Waals surface area (Å²) < 4.78 is 11.2. The highest BCUT2D eigenvalue weighted by Gasteiger charge is 2.36. The molecule has 0 radical (unpaired) electrons. The third-order valence-electron chi connectivity index (χ3n) is 5.68. The van der Waals surface area contributed by atoms with Crippen LogP contribution in [0.1, 0.15) is 37.6 Å². The van der Waals surface area contributed by atoms with Gasteiger partial charge in [-0.05, 0) is 37.1 Å². The van der Waals surface area contributed by atoms with Gasteiger partial charge in [0.15, 0.2) is 17.7 Å². The van der Waals surface area contributed by atoms with Crippen LogP contribution in [0.15, 0.2) is 71.0 Å². The minimum Gasteiger partial charge on any atom is -0.493 e. The van der Waals surface area contributed by atoms with Gasteiger partial charge in [-0.3, -0.25) is 14.7 Å². The van der Waals surface area contributed by atoms with Gasteiger partial charge in [0.25, 0.3) is 0 Å². The van der Waals surface area contributed by atoms with Gasteiger partial charge in [0.1, 0.15) is 0 Å². The number of hydrogen-bond acceptors (Lipinski definition) is 7. The zero-order chi connectivity index (χ0) is 25.5. The Morgan fingerprint density at radius 3 is 2.67 bits per heavy atom. The standard InChI is InChI=1S/C26H29N5O4S/c1-4-22-23(19-11-12-20(34-3)21(17-19)35-5-2)29-31(26(33)36-22)24(18-9-7-6-8-10-18)28-25(32)30-15-13-27-14-16-30/h6-15,17,22,24H,4-5,16H2,1-3H3,(H,28,32). The van der Waals surface area contributed by atoms with Gasteiger partial charge >= 0.3 is 11.3 Å². The highest BCUT2D eigenvalue weighted by Crippen LogP contribution is 2.36. The number of aliphatic imine (C=N–C) groups is 1. The number of nitrogens with zero attached hydrogens (tertiary/aromatic N) is 4. The van der Waals surface area contributed by atoms with Crippen molar-refractivity contribution in [3.8, 4) is 11.5 Å². The van der Waals surface area contributed by atoms with Crippen molar-refractivity contribution in [1.29, 1.82) is 0 Å². The second-order valence-corrected chi connectivity index (χ2v) is 9.11. The van der Waals surface area contributed by atoms with Crippen molar-refractivity contribution in [2.24, 2.45) is 10.1 Å². The van der Waals surface area contributed by atoms with Crippen molar-refractivity contribution < 1.29 is 19.1 Å². The number of carbonyl (C=O) groups excluding carboxylic acids is 2. The minimum absolute atomic E-state index is 0.148. The summed E-state index contributed by atoms with van der Waals surface area (Å²) in [5, 5.41) is 8.76. The third kappa shape index (κ3) is 5.54. The summed E-state index contributed by atoms with van der Waals surface area (Å²) in [5.41, 5.74) is 2.28. The van der Waals surface area contributed by atoms with Crippen LogP contribution in [-0.2, 0) is 0 Å². The number of rotatable bonds is 8. The zero-order valence-corrected chi connectivity index (χ0v) is 21.3. The minimum atomic E-state index is -0.802. The van der Waals surface area contributed by atoms with Gasteiger partial charge < -0.3 is 14.8 Å². The number of amides is 3. The van der Waals surface area contributed by atoms with Crippen LogP contribution in [0, 0.1) is 0 Å². The highest BCUT2D eigenvalue weighted by molar-refractivity contribution is 8.14. The lowest BCUT2D eigenvalue weighted by atomic mass is 10.0. The van der Waals surface area contributed by atoms with Crippen LogP contribution < -0.4 is 14.8 Å². The van der Waals surface area contributed by atoms with Gasteiger partial charge in [-0.25, -0.2) is 4.79 Å². The molecule has 2 aromatic carbocycles. The molecule has 1 N–H and O–H groups in total. The van der Waals surface area contributed by atoms with Gasteiger partial charge in [-0.1, -0.05) is 49.0 Å². The molecule has 0 aliphatic carbocycles. The Kier molecular flexibility index (Phi) is 8.27. The summed E-state index contributed by atoms with van der Waals surface area (Å²) in [6.45, 7) is 4.75. The molecule has 2 heterocycles. The lowest BCUT2D eigenvalue weighted by Gasteiger charge is -2.35. The molecule has 2 unspecified atom stereocenters. The Balaban J connectivity index is 1.74. The number of hydrazone groups is 1. The SMILES string of the molecule is CCOc1cc(C2=NN(C(NC(=O)N3C=CN=CC3)c3ccccc3)C(=O)SC2CC)ccc1OC. The molecule has 2 aliphatic rings. The first-order chi connectivity index (χ1) is 17.5. The average molecular weight is 508 g/mol. The Bertz CT molecular complexity index is 1180. The summed E-state index contributed by atoms with van der Waals surface area (Å²) >= 11 is 1.20. The fourth-order valence-electron chi connectivity index (χ4n) is 3.89. The van der Waals surface area contributed by atoms with Gasteiger partial charge in [-0.2, -0.15) is 10.1 Å². The molecule has 0 spiro atoms. The van der Waals surface area contributed by atoms with Crippen molar-refractivity contribution in [3.05, 3.63) is 72.1 Å². The maximum atomic E-state index is 13.3. The monoisotopic (exact) mass is 507 g/mol. The van der Waals surface area contributed by atoms with Crippen LogP contribution in [0.2, 0.25) is 0 Å². The van der Waals surface area contributed by atoms with Gasteiger partial charge in [-0.15, -0.1) is 0 Å². The van der Waals surface area contributed by atoms with Crippen molar-refractivity contribution in [1.82, 2.24) is 15.2 Å². The van der Waals surface area contributed by atoms with E-state index in [2.05, 4.69) is 10.3 Å². The molecule has 0 aromatic heterocycles. The Labute approximate surface area is 214 Å². The molecule has 0 fully saturated rings. The molecule has 2 aromatic rings. The van der Waals surface area contributed by atoms with E-state index in [1.807, 2.05) is 62.4 Å². The Hall–Kier alpha value is -3.79. The maximum Gasteiger partial charge on any atom is 0.323 e. The molecular formula is C26H29N5O4S. The largest absolute Gasteiger partial charge is 0.493 e. The second kappa shape index (κ2) is 11.8. The Morgan fingerprint density at radius 1 is 1.19 bits per heavy atom. The molecule has 4 rings (SSSR count). The molecule has 3 amide bonds. The fraction of sp³-hybridized carbons (Fsp3) is 0.308. The average Bonchev–Trinajstić information content (AvgIpc) is 2.92. The fourth-order valence-corrected chi connectivity index (χ4v) is 4.85. The molecule has 36 heavy (non-hydrogen) atoms. The van der Waals surface area contributed by atoms with Crippen LogP contribution in [0.25, 0.3) is 0 Å². The smallest absolute Gasteiger partial charge is 0.323 e. The number of methoxy groups -OCH3 is 1. The summed E-state index contributed by atoms with van der Waals surface area (Å²) in [6, 6.07) is 14.6. The molecule has 2 aliphatic heterocycles. The predicted molar refractivity (Wildman–Crippen MR) is 142 cm³/mol. The topological polar surface area (TPSA) is 95.8 Å². The van der Waals surface area contributed by atoms with E-state index in [0.717, 1.165) is 16.8 Å². The summed E-state index contributed by atoms with van der Waals surface area (Å²) in [4.78, 5) is 31.9. The summed E-state index contributed by atoms with van der Waals surface area (Å²) in [7, 11) is 1.59. The first-order valence-electron chi connectivity index (χ1n) is 11.8. The van der Waals surface area contributed by atoms with E-state index in [1.165, 1.54) is 21.7 Å². The molecule has 0 bridgehead atoms. The molecule has 2 atom stereocenters. The number of ether oxygens (including phenoxy) is 2. The van der Waals surface area contributed by atoms with E-state index in [0.29, 0.717) is 31.1 Å². The summed E-state index contributed by atoms with van der Waals surface area (Å²) in [6.07, 6.45) is 4.69. The van der Waals surface area contributed by atoms with Crippen molar-refractivity contribution in [2.75, 3.05) is 20.3 Å². The van der Waals surface area contributed by atoms with Crippen LogP contribution in [0.3, 0.4) is 0 Å². The van der Waals surface area contributed by atoms with Crippen molar-refractivity contribution in [2.45, 2.75) is 31.7 Å². The van der Waals surface area contributed by atoms with Crippen molar-refractivity contribution in [3.63, 3.8) is 0 Å². The predicted octanol–water partition coefficient (Wildman–Crippen LogP) is 5.01. The maximum absolute atomic E-state index is 13.3. The van der Waals surface area contributed by atoms with E-state index in [1.54, 1.807) is 25.7 Å². The van der Waals surface area contributed by atoms with Crippen LogP contribution in [0.5, 0.6) is 11.5 Å². The van der Waals surface area contributed by atoms with Crippen LogP contribution in [-0.4, -0.2) is 58.6 Å². The van der Waals surface area contributed by atoms with E-state index >= 15 is 0 Å². The van der Waals surface area contributed by atoms with E-state index < -0.39 is 6.17 Å². The molecule has 0 saturated carbocycles. The molecule has 10 heteroatoms. The van der Waals surface area contributed by atoms with Gasteiger partial charge in [0.2, 0.25) is 0 Å². The summed E-state index contributed by atoms with van der Waals surface area (Å²) in [5.74, 6) is 1.23. The number of nitrogens with one attached hydrogen (secondary N) is 1. The molecule has 0 saturated heterocycles. The number of urea groups is 1. The van der Waals surface area contributed by atoms with Gasteiger partial charge in [0, 0.05) is 24.2 Å². The highest BCUT2D eigenvalue weighted by atomic mass is 32.2. The van der Waals surface area contributed by atoms with E-state index in [4.69, 9.17) is 14.6 Å². The van der Waals surface area contributed by atoms with Crippen molar-refractivity contribution >= 4 is 35.0 Å². The quantitative estimate of drug-likeness (QED) is 0.542. The van der Waals surface area contributed by atoms with Gasteiger partial charge in [0.05, 0.1) is 31.2 Å². The zero-order valence-electron chi connectivity index (χ0n) is 20.5. The molecule has 188 valence electrons.